The number of nitrogens with zero attached hydrogens (tertiary/aromatic N) is 7. The molecule has 1 saturated heterocycles. The number of fused-ring (bicyclic) bond motifs is 1. The number of halogens is 1. The molecule has 3 aromatic heterocycles. The van der Waals surface area contributed by atoms with Crippen LogP contribution in [0.1, 0.15) is 34.0 Å². The quantitative estimate of drug-likeness (QED) is 0.268. The predicted molar refractivity (Wildman–Crippen MR) is 159 cm³/mol. The number of carbonyl (C=O) groups is 3. The van der Waals surface area contributed by atoms with Crippen LogP contribution in [0.5, 0.6) is 0 Å². The Morgan fingerprint density at radius 1 is 1.07 bits per heavy atom. The molecule has 1 aliphatic rings. The number of pyridine rings is 1. The SMILES string of the molecule is Cn1c(C(=O)O)cc2cc(NC(=O)[C@@H]3[C@@H](c4ccncc4)CCN3C(=O)/C=C/c3cc(Cl)ccc3-n3cnnn3)ccc21. The Morgan fingerprint density at radius 2 is 1.88 bits per heavy atom. The van der Waals surface area contributed by atoms with Gasteiger partial charge in [-0.2, -0.15) is 4.68 Å². The van der Waals surface area contributed by atoms with Crippen LogP contribution in [0.2, 0.25) is 5.02 Å². The Morgan fingerprint density at radius 3 is 2.63 bits per heavy atom. The molecule has 216 valence electrons. The van der Waals surface area contributed by atoms with Gasteiger partial charge in [0.2, 0.25) is 11.8 Å². The number of hydrogen-bond acceptors (Lipinski definition) is 7. The number of anilines is 1. The molecule has 0 bridgehead atoms. The van der Waals surface area contributed by atoms with Gasteiger partial charge in [-0.25, -0.2) is 4.79 Å². The number of likely N-dealkylation sites (tertiary alicyclic amines) is 1. The zero-order valence-corrected chi connectivity index (χ0v) is 23.6. The maximum atomic E-state index is 13.9. The highest BCUT2D eigenvalue weighted by molar-refractivity contribution is 6.30. The van der Waals surface area contributed by atoms with Gasteiger partial charge in [0.1, 0.15) is 18.1 Å². The van der Waals surface area contributed by atoms with Crippen LogP contribution in [-0.2, 0) is 16.6 Å². The van der Waals surface area contributed by atoms with Gasteiger partial charge in [-0.3, -0.25) is 14.6 Å². The Labute approximate surface area is 250 Å². The summed E-state index contributed by atoms with van der Waals surface area (Å²) in [4.78, 5) is 44.7. The van der Waals surface area contributed by atoms with Crippen molar-refractivity contribution in [3.63, 3.8) is 0 Å². The topological polar surface area (TPSA) is 148 Å². The van der Waals surface area contributed by atoms with Crippen LogP contribution in [0.15, 0.2) is 79.4 Å². The Balaban J connectivity index is 1.29. The van der Waals surface area contributed by atoms with E-state index >= 15 is 0 Å². The van der Waals surface area contributed by atoms with E-state index in [4.69, 9.17) is 11.6 Å². The zero-order valence-electron chi connectivity index (χ0n) is 22.8. The van der Waals surface area contributed by atoms with Crippen molar-refractivity contribution in [2.24, 2.45) is 7.05 Å². The lowest BCUT2D eigenvalue weighted by Gasteiger charge is -2.27. The first-order valence-corrected chi connectivity index (χ1v) is 13.7. The van der Waals surface area contributed by atoms with E-state index in [1.807, 2.05) is 12.1 Å². The summed E-state index contributed by atoms with van der Waals surface area (Å²) < 4.78 is 3.05. The number of aryl methyl sites for hydroxylation is 1. The number of aromatic nitrogens is 6. The summed E-state index contributed by atoms with van der Waals surface area (Å²) in [6.45, 7) is 0.364. The number of aromatic carboxylic acids is 1. The summed E-state index contributed by atoms with van der Waals surface area (Å²) in [5.41, 5.74) is 3.50. The van der Waals surface area contributed by atoms with Crippen LogP contribution in [0.3, 0.4) is 0 Å². The second kappa shape index (κ2) is 11.5. The number of carboxylic acid groups (broad SMARTS) is 1. The van der Waals surface area contributed by atoms with Crippen molar-refractivity contribution in [1.29, 1.82) is 0 Å². The normalized spacial score (nSPS) is 16.7. The number of carboxylic acids is 1. The summed E-state index contributed by atoms with van der Waals surface area (Å²) in [6.07, 6.45) is 8.39. The van der Waals surface area contributed by atoms with Crippen molar-refractivity contribution in [2.75, 3.05) is 11.9 Å². The summed E-state index contributed by atoms with van der Waals surface area (Å²) in [5, 5.41) is 24.9. The number of carbonyl (C=O) groups excluding carboxylic acids is 2. The Bertz CT molecular complexity index is 1870. The summed E-state index contributed by atoms with van der Waals surface area (Å²) >= 11 is 6.23. The van der Waals surface area contributed by atoms with Gasteiger partial charge < -0.3 is 19.9 Å². The zero-order chi connectivity index (χ0) is 30.1. The summed E-state index contributed by atoms with van der Waals surface area (Å²) in [7, 11) is 1.67. The third-order valence-electron chi connectivity index (χ3n) is 7.60. The highest BCUT2D eigenvalue weighted by Crippen LogP contribution is 2.35. The maximum absolute atomic E-state index is 13.9. The van der Waals surface area contributed by atoms with Crippen LogP contribution < -0.4 is 5.32 Å². The van der Waals surface area contributed by atoms with E-state index in [9.17, 15) is 19.5 Å². The lowest BCUT2D eigenvalue weighted by molar-refractivity contribution is -0.133. The van der Waals surface area contributed by atoms with Gasteiger partial charge in [0, 0.05) is 65.2 Å². The van der Waals surface area contributed by atoms with Gasteiger partial charge in [-0.1, -0.05) is 11.6 Å². The molecule has 0 unspecified atom stereocenters. The number of hydrogen-bond donors (Lipinski definition) is 2. The number of nitrogens with one attached hydrogen (secondary N) is 1. The monoisotopic (exact) mass is 596 g/mol. The van der Waals surface area contributed by atoms with Gasteiger partial charge in [0.25, 0.3) is 0 Å². The molecule has 12 nitrogen and oxygen atoms in total. The molecule has 1 aliphatic heterocycles. The Kier molecular flexibility index (Phi) is 7.43. The molecule has 13 heteroatoms. The van der Waals surface area contributed by atoms with E-state index in [-0.39, 0.29) is 23.4 Å². The lowest BCUT2D eigenvalue weighted by atomic mass is 9.91. The van der Waals surface area contributed by atoms with Gasteiger partial charge >= 0.3 is 5.97 Å². The fourth-order valence-corrected chi connectivity index (χ4v) is 5.75. The summed E-state index contributed by atoms with van der Waals surface area (Å²) in [5.74, 6) is -2.00. The molecule has 0 radical (unpaired) electrons. The van der Waals surface area contributed by atoms with Crippen molar-refractivity contribution < 1.29 is 19.5 Å². The number of benzene rings is 2. The van der Waals surface area contributed by atoms with E-state index in [1.54, 1.807) is 77.4 Å². The molecule has 4 heterocycles. The maximum Gasteiger partial charge on any atom is 0.352 e. The first kappa shape index (κ1) is 27.8. The third kappa shape index (κ3) is 5.47. The number of tetrazole rings is 1. The molecular formula is C30H25ClN8O4. The highest BCUT2D eigenvalue weighted by Gasteiger charge is 2.42. The minimum absolute atomic E-state index is 0.138. The molecule has 2 amide bonds. The molecular weight excluding hydrogens is 572 g/mol. The van der Waals surface area contributed by atoms with E-state index in [2.05, 4.69) is 25.8 Å². The standard InChI is InChI=1S/C30H25ClN8O4/c1-37-24-6-4-22(15-20(24)16-26(37)30(42)43)34-29(41)28-23(18-8-11-32-12-9-18)10-13-38(28)27(40)7-2-19-14-21(31)3-5-25(19)39-17-33-35-36-39/h2-9,11-12,14-17,23,28H,10,13H2,1H3,(H,34,41)(H,42,43)/b7-2+/t23-,28+/m1/s1. The second-order valence-corrected chi connectivity index (χ2v) is 10.5. The van der Waals surface area contributed by atoms with Crippen LogP contribution in [0.25, 0.3) is 22.7 Å². The van der Waals surface area contributed by atoms with Crippen LogP contribution in [-0.4, -0.2) is 70.1 Å². The van der Waals surface area contributed by atoms with E-state index in [0.29, 0.717) is 40.3 Å². The van der Waals surface area contributed by atoms with Gasteiger partial charge in [-0.15, -0.1) is 5.10 Å². The third-order valence-corrected chi connectivity index (χ3v) is 7.84. The largest absolute Gasteiger partial charge is 0.477 e. The molecule has 2 N–H and O–H groups in total. The predicted octanol–water partition coefficient (Wildman–Crippen LogP) is 3.94. The first-order valence-electron chi connectivity index (χ1n) is 13.4. The van der Waals surface area contributed by atoms with Gasteiger partial charge in [-0.05, 0) is 83.1 Å². The van der Waals surface area contributed by atoms with Crippen molar-refractivity contribution in [2.45, 2.75) is 18.4 Å². The Hall–Kier alpha value is -5.36. The van der Waals surface area contributed by atoms with Crippen molar-refractivity contribution in [3.8, 4) is 5.69 Å². The first-order chi connectivity index (χ1) is 20.8. The molecule has 43 heavy (non-hydrogen) atoms. The lowest BCUT2D eigenvalue weighted by Crippen LogP contribution is -2.44. The molecule has 5 aromatic rings. The average Bonchev–Trinajstić information content (AvgIpc) is 3.76. The second-order valence-electron chi connectivity index (χ2n) is 10.1. The van der Waals surface area contributed by atoms with Crippen molar-refractivity contribution >= 4 is 52.1 Å². The summed E-state index contributed by atoms with van der Waals surface area (Å²) in [6, 6.07) is 14.8. The van der Waals surface area contributed by atoms with Crippen molar-refractivity contribution in [3.05, 3.63) is 101 Å². The molecule has 6 rings (SSSR count). The van der Waals surface area contributed by atoms with Crippen LogP contribution in [0, 0.1) is 0 Å². The molecule has 1 fully saturated rings. The fraction of sp³-hybridized carbons (Fsp3) is 0.167. The van der Waals surface area contributed by atoms with Gasteiger partial charge in [0.05, 0.1) is 5.69 Å². The molecule has 0 saturated carbocycles. The van der Waals surface area contributed by atoms with Gasteiger partial charge in [0.15, 0.2) is 0 Å². The van der Waals surface area contributed by atoms with Crippen LogP contribution >= 0.6 is 11.6 Å². The smallest absolute Gasteiger partial charge is 0.352 e. The van der Waals surface area contributed by atoms with E-state index in [1.165, 1.54) is 17.1 Å². The number of rotatable bonds is 7. The molecule has 0 spiro atoms. The molecule has 2 aromatic carbocycles. The van der Waals surface area contributed by atoms with E-state index in [0.717, 1.165) is 11.1 Å². The highest BCUT2D eigenvalue weighted by atomic mass is 35.5. The van der Waals surface area contributed by atoms with Crippen molar-refractivity contribution in [1.82, 2.24) is 34.7 Å². The molecule has 0 aliphatic carbocycles. The minimum Gasteiger partial charge on any atom is -0.477 e. The fourth-order valence-electron chi connectivity index (χ4n) is 5.57. The minimum atomic E-state index is -1.04. The molecule has 2 atom stereocenters. The average molecular weight is 597 g/mol. The van der Waals surface area contributed by atoms with Crippen LogP contribution in [0.4, 0.5) is 5.69 Å². The number of amides is 2. The van der Waals surface area contributed by atoms with E-state index < -0.39 is 12.0 Å².